The van der Waals surface area contributed by atoms with Crippen LogP contribution >= 0.6 is 11.3 Å². The van der Waals surface area contributed by atoms with Crippen molar-refractivity contribution < 1.29 is 0 Å². The van der Waals surface area contributed by atoms with Crippen LogP contribution in [-0.4, -0.2) is 18.0 Å². The Balaban J connectivity index is 2.55. The van der Waals surface area contributed by atoms with Crippen molar-refractivity contribution in [1.82, 2.24) is 4.90 Å². The predicted octanol–water partition coefficient (Wildman–Crippen LogP) is 2.40. The van der Waals surface area contributed by atoms with Crippen molar-refractivity contribution in [2.45, 2.75) is 26.4 Å². The highest BCUT2D eigenvalue weighted by molar-refractivity contribution is 7.10. The van der Waals surface area contributed by atoms with Crippen LogP contribution in [0.4, 0.5) is 0 Å². The van der Waals surface area contributed by atoms with E-state index in [1.165, 1.54) is 10.4 Å². The molecule has 0 fully saturated rings. The molecule has 0 saturated heterocycles. The van der Waals surface area contributed by atoms with Gasteiger partial charge in [0.25, 0.3) is 0 Å². The Morgan fingerprint density at radius 1 is 1.69 bits per heavy atom. The monoisotopic (exact) mass is 194 g/mol. The molecular weight excluding hydrogens is 180 g/mol. The lowest BCUT2D eigenvalue weighted by Crippen LogP contribution is -2.26. The Kier molecular flexibility index (Phi) is 3.47. The van der Waals surface area contributed by atoms with E-state index in [2.05, 4.69) is 24.4 Å². The van der Waals surface area contributed by atoms with Crippen molar-refractivity contribution in [1.29, 1.82) is 5.26 Å². The van der Waals surface area contributed by atoms with Gasteiger partial charge in [-0.3, -0.25) is 4.90 Å². The van der Waals surface area contributed by atoms with E-state index in [0.717, 1.165) is 6.54 Å². The highest BCUT2D eigenvalue weighted by Crippen LogP contribution is 2.15. The minimum Gasteiger partial charge on any atom is -0.287 e. The summed E-state index contributed by atoms with van der Waals surface area (Å²) in [4.78, 5) is 3.37. The van der Waals surface area contributed by atoms with Gasteiger partial charge in [-0.1, -0.05) is 0 Å². The van der Waals surface area contributed by atoms with Crippen LogP contribution in [0.15, 0.2) is 11.4 Å². The lowest BCUT2D eigenvalue weighted by molar-refractivity contribution is 0.295. The number of thiophene rings is 1. The van der Waals surface area contributed by atoms with Crippen LogP contribution in [-0.2, 0) is 6.54 Å². The first-order valence-corrected chi connectivity index (χ1v) is 5.15. The van der Waals surface area contributed by atoms with Crippen molar-refractivity contribution >= 4 is 11.3 Å². The Morgan fingerprint density at radius 2 is 2.38 bits per heavy atom. The molecule has 0 aliphatic carbocycles. The Hall–Kier alpha value is -0.850. The van der Waals surface area contributed by atoms with Crippen LogP contribution < -0.4 is 0 Å². The van der Waals surface area contributed by atoms with E-state index in [9.17, 15) is 0 Å². The lowest BCUT2D eigenvalue weighted by atomic mass is 10.2. The molecule has 2 nitrogen and oxygen atoms in total. The van der Waals surface area contributed by atoms with E-state index in [-0.39, 0.29) is 6.04 Å². The molecule has 0 saturated carbocycles. The molecule has 70 valence electrons. The van der Waals surface area contributed by atoms with Gasteiger partial charge in [0, 0.05) is 11.4 Å². The zero-order chi connectivity index (χ0) is 9.84. The highest BCUT2D eigenvalue weighted by Gasteiger charge is 2.08. The molecule has 1 aromatic heterocycles. The van der Waals surface area contributed by atoms with Crippen LogP contribution in [0.25, 0.3) is 0 Å². The standard InChI is InChI=1S/C10H14N2S/c1-8(5-11)12(3)6-10-4-9(2)13-7-10/h4,7-8H,6H2,1-3H3. The van der Waals surface area contributed by atoms with Gasteiger partial charge in [0.1, 0.15) is 0 Å². The topological polar surface area (TPSA) is 27.0 Å². The fourth-order valence-corrected chi connectivity index (χ4v) is 1.80. The first-order chi connectivity index (χ1) is 6.13. The summed E-state index contributed by atoms with van der Waals surface area (Å²) < 4.78 is 0. The fraction of sp³-hybridized carbons (Fsp3) is 0.500. The Morgan fingerprint density at radius 3 is 2.85 bits per heavy atom. The molecule has 0 aromatic carbocycles. The summed E-state index contributed by atoms with van der Waals surface area (Å²) in [5.74, 6) is 0. The quantitative estimate of drug-likeness (QED) is 0.738. The van der Waals surface area contributed by atoms with Crippen molar-refractivity contribution in [2.24, 2.45) is 0 Å². The second-order valence-electron chi connectivity index (χ2n) is 3.29. The van der Waals surface area contributed by atoms with E-state index in [1.54, 1.807) is 11.3 Å². The molecule has 1 atom stereocenters. The third kappa shape index (κ3) is 2.83. The molecule has 13 heavy (non-hydrogen) atoms. The Labute approximate surface area is 83.4 Å². The van der Waals surface area contributed by atoms with Gasteiger partial charge in [0.2, 0.25) is 0 Å². The van der Waals surface area contributed by atoms with E-state index < -0.39 is 0 Å². The van der Waals surface area contributed by atoms with Crippen molar-refractivity contribution in [2.75, 3.05) is 7.05 Å². The van der Waals surface area contributed by atoms with Gasteiger partial charge in [-0.15, -0.1) is 11.3 Å². The van der Waals surface area contributed by atoms with Gasteiger partial charge >= 0.3 is 0 Å². The van der Waals surface area contributed by atoms with Crippen molar-refractivity contribution in [3.63, 3.8) is 0 Å². The average molecular weight is 194 g/mol. The summed E-state index contributed by atoms with van der Waals surface area (Å²) in [5.41, 5.74) is 1.30. The van der Waals surface area contributed by atoms with Gasteiger partial charge in [0.15, 0.2) is 0 Å². The fourth-order valence-electron chi connectivity index (χ4n) is 1.10. The molecule has 1 unspecified atom stereocenters. The summed E-state index contributed by atoms with van der Waals surface area (Å²) in [7, 11) is 1.97. The maximum absolute atomic E-state index is 8.70. The third-order valence-corrected chi connectivity index (χ3v) is 2.98. The lowest BCUT2D eigenvalue weighted by Gasteiger charge is -2.17. The van der Waals surface area contributed by atoms with Crippen molar-refractivity contribution in [3.8, 4) is 6.07 Å². The summed E-state index contributed by atoms with van der Waals surface area (Å²) in [6.45, 7) is 4.88. The second-order valence-corrected chi connectivity index (χ2v) is 4.40. The maximum atomic E-state index is 8.70. The number of nitrogens with zero attached hydrogens (tertiary/aromatic N) is 2. The first kappa shape index (κ1) is 10.2. The summed E-state index contributed by atoms with van der Waals surface area (Å²) in [6, 6.07) is 4.38. The second kappa shape index (κ2) is 4.40. The van der Waals surface area contributed by atoms with E-state index in [4.69, 9.17) is 5.26 Å². The molecule has 1 aromatic rings. The molecule has 0 N–H and O–H groups in total. The van der Waals surface area contributed by atoms with E-state index in [1.807, 2.05) is 18.9 Å². The third-order valence-electron chi connectivity index (χ3n) is 2.06. The van der Waals surface area contributed by atoms with Crippen LogP contribution in [0.5, 0.6) is 0 Å². The molecule has 0 amide bonds. The average Bonchev–Trinajstić information content (AvgIpc) is 2.49. The van der Waals surface area contributed by atoms with Gasteiger partial charge in [-0.2, -0.15) is 5.26 Å². The van der Waals surface area contributed by atoms with Gasteiger partial charge in [0.05, 0.1) is 12.1 Å². The number of hydrogen-bond donors (Lipinski definition) is 0. The highest BCUT2D eigenvalue weighted by atomic mass is 32.1. The molecular formula is C10H14N2S. The zero-order valence-corrected chi connectivity index (χ0v) is 9.06. The van der Waals surface area contributed by atoms with Gasteiger partial charge in [-0.05, 0) is 37.9 Å². The van der Waals surface area contributed by atoms with Crippen LogP contribution in [0, 0.1) is 18.3 Å². The van der Waals surface area contributed by atoms with Crippen LogP contribution in [0.3, 0.4) is 0 Å². The smallest absolute Gasteiger partial charge is 0.0949 e. The molecule has 0 spiro atoms. The molecule has 1 rings (SSSR count). The zero-order valence-electron chi connectivity index (χ0n) is 8.24. The molecule has 3 heteroatoms. The molecule has 0 radical (unpaired) electrons. The van der Waals surface area contributed by atoms with Crippen LogP contribution in [0.1, 0.15) is 17.4 Å². The summed E-state index contributed by atoms with van der Waals surface area (Å²) in [5, 5.41) is 10.8. The minimum atomic E-state index is -0.0137. The van der Waals surface area contributed by atoms with Crippen LogP contribution in [0.2, 0.25) is 0 Å². The molecule has 1 heterocycles. The first-order valence-electron chi connectivity index (χ1n) is 4.27. The number of hydrogen-bond acceptors (Lipinski definition) is 3. The summed E-state index contributed by atoms with van der Waals surface area (Å²) in [6.07, 6.45) is 0. The minimum absolute atomic E-state index is 0.0137. The SMILES string of the molecule is Cc1cc(CN(C)C(C)C#N)cs1. The molecule has 0 aliphatic heterocycles. The number of aryl methyl sites for hydroxylation is 1. The summed E-state index contributed by atoms with van der Waals surface area (Å²) >= 11 is 1.76. The molecule has 0 bridgehead atoms. The van der Waals surface area contributed by atoms with Crippen molar-refractivity contribution in [3.05, 3.63) is 21.9 Å². The predicted molar refractivity (Wildman–Crippen MR) is 55.6 cm³/mol. The van der Waals surface area contributed by atoms with E-state index >= 15 is 0 Å². The molecule has 0 aliphatic rings. The van der Waals surface area contributed by atoms with Gasteiger partial charge in [-0.25, -0.2) is 0 Å². The Bertz CT molecular complexity index is 311. The number of nitriles is 1. The number of rotatable bonds is 3. The normalized spacial score (nSPS) is 12.8. The van der Waals surface area contributed by atoms with Gasteiger partial charge < -0.3 is 0 Å². The maximum Gasteiger partial charge on any atom is 0.0949 e. The largest absolute Gasteiger partial charge is 0.287 e. The van der Waals surface area contributed by atoms with E-state index in [0.29, 0.717) is 0 Å².